The fraction of sp³-hybridized carbons (Fsp3) is 0.690. The van der Waals surface area contributed by atoms with E-state index in [9.17, 15) is 5.11 Å². The Hall–Kier alpha value is -1.45. The van der Waals surface area contributed by atoms with Gasteiger partial charge in [0.1, 0.15) is 19.6 Å². The molecule has 1 heterocycles. The van der Waals surface area contributed by atoms with Crippen LogP contribution >= 0.6 is 0 Å². The highest BCUT2D eigenvalue weighted by atomic mass is 16.3. The van der Waals surface area contributed by atoms with Gasteiger partial charge in [0.15, 0.2) is 5.84 Å². The van der Waals surface area contributed by atoms with Gasteiger partial charge in [-0.05, 0) is 32.1 Å². The number of aliphatic hydroxyl groups excluding tert-OH is 1. The van der Waals surface area contributed by atoms with Gasteiger partial charge in [-0.25, -0.2) is 4.99 Å². The van der Waals surface area contributed by atoms with E-state index < -0.39 is 0 Å². The monoisotopic (exact) mass is 441 g/mol. The van der Waals surface area contributed by atoms with Gasteiger partial charge >= 0.3 is 0 Å². The molecule has 1 N–H and O–H groups in total. The Morgan fingerprint density at radius 3 is 2.12 bits per heavy atom. The highest BCUT2D eigenvalue weighted by Crippen LogP contribution is 2.24. The first-order chi connectivity index (χ1) is 15.8. The van der Waals surface area contributed by atoms with Gasteiger partial charge in [-0.1, -0.05) is 101 Å². The molecule has 2 rings (SSSR count). The van der Waals surface area contributed by atoms with Crippen LogP contribution in [0.15, 0.2) is 47.5 Å². The molecule has 0 radical (unpaired) electrons. The van der Waals surface area contributed by atoms with E-state index in [2.05, 4.69) is 49.4 Å². The van der Waals surface area contributed by atoms with Gasteiger partial charge in [0, 0.05) is 12.0 Å². The number of benzene rings is 1. The van der Waals surface area contributed by atoms with E-state index in [-0.39, 0.29) is 6.61 Å². The van der Waals surface area contributed by atoms with Gasteiger partial charge in [-0.3, -0.25) is 4.48 Å². The molecule has 3 heteroatoms. The lowest BCUT2D eigenvalue weighted by atomic mass is 10.1. The van der Waals surface area contributed by atoms with Gasteiger partial charge in [-0.15, -0.1) is 0 Å². The third kappa shape index (κ3) is 10.4. The van der Waals surface area contributed by atoms with Crippen molar-refractivity contribution in [3.05, 3.63) is 48.0 Å². The Labute approximate surface area is 198 Å². The Balaban J connectivity index is 1.54. The first kappa shape index (κ1) is 26.8. The molecule has 0 bridgehead atoms. The van der Waals surface area contributed by atoms with Crippen LogP contribution in [0.1, 0.15) is 102 Å². The normalized spacial score (nSPS) is 18.5. The number of hydrogen-bond acceptors (Lipinski definition) is 2. The molecule has 1 aliphatic rings. The van der Waals surface area contributed by atoms with Crippen molar-refractivity contribution in [2.45, 2.75) is 103 Å². The van der Waals surface area contributed by atoms with Crippen LogP contribution in [0.4, 0.5) is 0 Å². The number of aliphatic imine (C=N–C) groups is 1. The van der Waals surface area contributed by atoms with Gasteiger partial charge in [0.2, 0.25) is 0 Å². The Bertz CT molecular complexity index is 640. The molecule has 32 heavy (non-hydrogen) atoms. The smallest absolute Gasteiger partial charge is 0.198 e. The number of amidine groups is 1. The molecule has 0 saturated heterocycles. The first-order valence-electron chi connectivity index (χ1n) is 13.5. The minimum Gasteiger partial charge on any atom is -0.390 e. The van der Waals surface area contributed by atoms with E-state index in [0.717, 1.165) is 37.1 Å². The number of allylic oxidation sites excluding steroid dienone is 2. The standard InChI is InChI=1S/C29H49N2O/c1-2-3-4-5-6-7-8-9-10-11-12-13-14-15-19-22-29-30-23-24-31(29,25-26-32)27-28-20-17-16-18-21-28/h9-10,16-18,20-21,32H,2-8,11-15,19,22-27H2,1H3/q+1. The molecule has 0 fully saturated rings. The van der Waals surface area contributed by atoms with E-state index >= 15 is 0 Å². The molecule has 0 saturated carbocycles. The van der Waals surface area contributed by atoms with Crippen LogP contribution in [0.3, 0.4) is 0 Å². The van der Waals surface area contributed by atoms with Gasteiger partial charge in [0.25, 0.3) is 0 Å². The molecular weight excluding hydrogens is 392 g/mol. The SMILES string of the molecule is CCCCCCCCC=CCCCCCCCC1=NCC[N+]1(CCO)Cc1ccccc1. The van der Waals surface area contributed by atoms with E-state index in [1.165, 1.54) is 94.9 Å². The molecule has 0 amide bonds. The fourth-order valence-corrected chi connectivity index (χ4v) is 4.93. The number of nitrogens with zero attached hydrogens (tertiary/aromatic N) is 2. The maximum atomic E-state index is 9.72. The van der Waals surface area contributed by atoms with E-state index in [4.69, 9.17) is 4.99 Å². The predicted octanol–water partition coefficient (Wildman–Crippen LogP) is 7.45. The second kappa shape index (κ2) is 17.1. The third-order valence-electron chi connectivity index (χ3n) is 6.89. The summed E-state index contributed by atoms with van der Waals surface area (Å²) in [6, 6.07) is 10.7. The van der Waals surface area contributed by atoms with E-state index in [0.29, 0.717) is 0 Å². The van der Waals surface area contributed by atoms with Gasteiger partial charge in [-0.2, -0.15) is 0 Å². The third-order valence-corrected chi connectivity index (χ3v) is 6.89. The van der Waals surface area contributed by atoms with Gasteiger partial charge in [0.05, 0.1) is 13.2 Å². The number of rotatable bonds is 19. The van der Waals surface area contributed by atoms with E-state index in [1.807, 2.05) is 0 Å². The average molecular weight is 442 g/mol. The molecule has 180 valence electrons. The van der Waals surface area contributed by atoms with Crippen LogP contribution in [-0.4, -0.2) is 41.7 Å². The summed E-state index contributed by atoms with van der Waals surface area (Å²) in [7, 11) is 0. The summed E-state index contributed by atoms with van der Waals surface area (Å²) in [6.45, 7) is 6.22. The van der Waals surface area contributed by atoms with Crippen molar-refractivity contribution in [1.29, 1.82) is 0 Å². The second-order valence-electron chi connectivity index (χ2n) is 9.59. The molecule has 3 nitrogen and oxygen atoms in total. The topological polar surface area (TPSA) is 32.6 Å². The van der Waals surface area contributed by atoms with Crippen LogP contribution in [0.5, 0.6) is 0 Å². The van der Waals surface area contributed by atoms with Crippen molar-refractivity contribution in [3.8, 4) is 0 Å². The van der Waals surface area contributed by atoms with Crippen LogP contribution in [0.25, 0.3) is 0 Å². The van der Waals surface area contributed by atoms with Crippen LogP contribution in [-0.2, 0) is 6.54 Å². The summed E-state index contributed by atoms with van der Waals surface area (Å²) in [5, 5.41) is 9.72. The first-order valence-corrected chi connectivity index (χ1v) is 13.5. The van der Waals surface area contributed by atoms with Crippen LogP contribution < -0.4 is 0 Å². The maximum absolute atomic E-state index is 9.72. The lowest BCUT2D eigenvalue weighted by Crippen LogP contribution is -2.51. The highest BCUT2D eigenvalue weighted by Gasteiger charge is 2.37. The Kier molecular flexibility index (Phi) is 14.3. The molecule has 1 aliphatic heterocycles. The molecule has 0 aliphatic carbocycles. The molecule has 1 aromatic rings. The molecule has 1 atom stereocenters. The quantitative estimate of drug-likeness (QED) is 0.135. The van der Waals surface area contributed by atoms with Crippen molar-refractivity contribution >= 4 is 5.84 Å². The fourth-order valence-electron chi connectivity index (χ4n) is 4.93. The zero-order valence-electron chi connectivity index (χ0n) is 20.8. The minimum absolute atomic E-state index is 0.234. The van der Waals surface area contributed by atoms with Crippen molar-refractivity contribution in [2.75, 3.05) is 26.2 Å². The summed E-state index contributed by atoms with van der Waals surface area (Å²) in [5.41, 5.74) is 1.35. The lowest BCUT2D eigenvalue weighted by molar-refractivity contribution is -0.850. The van der Waals surface area contributed by atoms with Crippen LogP contribution in [0.2, 0.25) is 0 Å². The Morgan fingerprint density at radius 2 is 1.47 bits per heavy atom. The predicted molar refractivity (Wildman–Crippen MR) is 139 cm³/mol. The zero-order valence-corrected chi connectivity index (χ0v) is 20.8. The summed E-state index contributed by atoms with van der Waals surface area (Å²) in [4.78, 5) is 4.88. The molecule has 1 aromatic carbocycles. The van der Waals surface area contributed by atoms with Crippen molar-refractivity contribution in [3.63, 3.8) is 0 Å². The number of unbranched alkanes of at least 4 members (excludes halogenated alkanes) is 11. The summed E-state index contributed by atoms with van der Waals surface area (Å²) >= 11 is 0. The van der Waals surface area contributed by atoms with Gasteiger partial charge < -0.3 is 5.11 Å². The molecular formula is C29H49N2O+. The summed E-state index contributed by atoms with van der Waals surface area (Å²) in [6.07, 6.45) is 23.3. The zero-order chi connectivity index (χ0) is 22.7. The number of quaternary nitrogens is 1. The maximum Gasteiger partial charge on any atom is 0.198 e. The van der Waals surface area contributed by atoms with Crippen LogP contribution in [0, 0.1) is 0 Å². The summed E-state index contributed by atoms with van der Waals surface area (Å²) in [5.74, 6) is 1.32. The molecule has 0 spiro atoms. The molecule has 1 unspecified atom stereocenters. The average Bonchev–Trinajstić information content (AvgIpc) is 3.19. The lowest BCUT2D eigenvalue weighted by Gasteiger charge is -2.34. The Morgan fingerprint density at radius 1 is 0.844 bits per heavy atom. The summed E-state index contributed by atoms with van der Waals surface area (Å²) < 4.78 is 0.865. The highest BCUT2D eigenvalue weighted by molar-refractivity contribution is 5.76. The minimum atomic E-state index is 0.234. The largest absolute Gasteiger partial charge is 0.390 e. The van der Waals surface area contributed by atoms with Crippen molar-refractivity contribution in [2.24, 2.45) is 4.99 Å². The number of hydrogen-bond donors (Lipinski definition) is 1. The molecule has 0 aromatic heterocycles. The number of aliphatic hydroxyl groups is 1. The second-order valence-corrected chi connectivity index (χ2v) is 9.59. The van der Waals surface area contributed by atoms with Crippen molar-refractivity contribution < 1.29 is 9.59 Å². The van der Waals surface area contributed by atoms with Crippen molar-refractivity contribution in [1.82, 2.24) is 0 Å². The van der Waals surface area contributed by atoms with E-state index in [1.54, 1.807) is 0 Å².